The van der Waals surface area contributed by atoms with Crippen LogP contribution in [0, 0.1) is 0 Å². The molecule has 2 aromatic carbocycles. The lowest BCUT2D eigenvalue weighted by atomic mass is 10.1. The first kappa shape index (κ1) is 28.3. The monoisotopic (exact) mass is 536 g/mol. The molecule has 0 aliphatic carbocycles. The lowest BCUT2D eigenvalue weighted by molar-refractivity contribution is -0.167. The smallest absolute Gasteiger partial charge is 0.341 e. The Morgan fingerprint density at radius 2 is 1.89 bits per heavy atom. The van der Waals surface area contributed by atoms with Crippen molar-refractivity contribution in [3.8, 4) is 5.75 Å². The summed E-state index contributed by atoms with van der Waals surface area (Å²) >= 11 is 1.44. The van der Waals surface area contributed by atoms with Crippen molar-refractivity contribution in [2.45, 2.75) is 54.5 Å². The number of hydrogen-bond acceptors (Lipinski definition) is 8. The number of carbonyl (C=O) groups excluding carboxylic acids is 1. The number of anilines is 2. The minimum absolute atomic E-state index is 0.139. The van der Waals surface area contributed by atoms with Gasteiger partial charge in [0.1, 0.15) is 17.3 Å². The van der Waals surface area contributed by atoms with E-state index >= 15 is 0 Å². The zero-order chi connectivity index (χ0) is 26.5. The van der Waals surface area contributed by atoms with Crippen LogP contribution in [0.2, 0.25) is 0 Å². The molecule has 0 aromatic heterocycles. The number of fused-ring (bicyclic) bond motifs is 1. The highest BCUT2D eigenvalue weighted by Gasteiger charge is 2.39. The van der Waals surface area contributed by atoms with Gasteiger partial charge in [-0.1, -0.05) is 38.0 Å². The Morgan fingerprint density at radius 3 is 2.47 bits per heavy atom. The van der Waals surface area contributed by atoms with E-state index in [-0.39, 0.29) is 17.5 Å². The third-order valence-electron chi connectivity index (χ3n) is 6.63. The van der Waals surface area contributed by atoms with Crippen LogP contribution >= 0.6 is 11.8 Å². The molecule has 0 saturated heterocycles. The van der Waals surface area contributed by atoms with Gasteiger partial charge in [0.15, 0.2) is 5.60 Å². The maximum Gasteiger partial charge on any atom is 0.341 e. The van der Waals surface area contributed by atoms with Crippen LogP contribution in [0.3, 0.4) is 0 Å². The summed E-state index contributed by atoms with van der Waals surface area (Å²) in [6.07, 6.45) is 4.57. The van der Waals surface area contributed by atoms with Gasteiger partial charge in [0.2, 0.25) is 10.0 Å². The number of esters is 1. The van der Waals surface area contributed by atoms with Gasteiger partial charge in [-0.25, -0.2) is 13.2 Å². The topological polar surface area (TPSA) is 85.4 Å². The van der Waals surface area contributed by atoms with Gasteiger partial charge in [-0.3, -0.25) is 0 Å². The second-order valence-electron chi connectivity index (χ2n) is 8.95. The lowest BCUT2D eigenvalue weighted by Gasteiger charge is -2.30. The van der Waals surface area contributed by atoms with Crippen LogP contribution in [0.25, 0.3) is 0 Å². The number of benzene rings is 2. The quantitative estimate of drug-likeness (QED) is 0.319. The van der Waals surface area contributed by atoms with Crippen LogP contribution in [0.15, 0.2) is 52.3 Å². The number of sulfonamides is 1. The molecule has 0 amide bonds. The maximum absolute atomic E-state index is 13.9. The van der Waals surface area contributed by atoms with Crippen molar-refractivity contribution in [1.82, 2.24) is 4.31 Å². The summed E-state index contributed by atoms with van der Waals surface area (Å²) in [6, 6.07) is 13.1. The Labute approximate surface area is 218 Å². The van der Waals surface area contributed by atoms with Crippen LogP contribution in [0.4, 0.5) is 11.4 Å². The molecular formula is C26H36N2O6S2. The largest absolute Gasteiger partial charge is 0.489 e. The van der Waals surface area contributed by atoms with Crippen molar-refractivity contribution in [2.24, 2.45) is 0 Å². The second kappa shape index (κ2) is 11.9. The van der Waals surface area contributed by atoms with E-state index in [1.807, 2.05) is 42.7 Å². The molecule has 198 valence electrons. The molecule has 0 fully saturated rings. The van der Waals surface area contributed by atoms with Gasteiger partial charge in [-0.15, -0.1) is 11.8 Å². The van der Waals surface area contributed by atoms with E-state index < -0.39 is 21.6 Å². The fourth-order valence-electron chi connectivity index (χ4n) is 4.19. The van der Waals surface area contributed by atoms with Gasteiger partial charge in [0.05, 0.1) is 17.7 Å². The van der Waals surface area contributed by atoms with Crippen molar-refractivity contribution in [1.29, 1.82) is 0 Å². The molecule has 3 rings (SSSR count). The molecule has 2 aromatic rings. The lowest BCUT2D eigenvalue weighted by Crippen LogP contribution is -2.44. The molecule has 0 bridgehead atoms. The fraction of sp³-hybridized carbons (Fsp3) is 0.500. The molecule has 0 spiro atoms. The first-order valence-electron chi connectivity index (χ1n) is 11.9. The normalized spacial score (nSPS) is 19.2. The number of rotatable bonds is 10. The Kier molecular flexibility index (Phi) is 9.32. The molecule has 2 atom stereocenters. The van der Waals surface area contributed by atoms with Crippen molar-refractivity contribution in [3.63, 3.8) is 0 Å². The number of para-hydroxylation sites is 1. The summed E-state index contributed by atoms with van der Waals surface area (Å²) in [5.74, 6) is -0.211. The van der Waals surface area contributed by atoms with Crippen molar-refractivity contribution >= 4 is 39.1 Å². The number of thioether (sulfide) groups is 1. The van der Waals surface area contributed by atoms with Crippen LogP contribution < -0.4 is 9.64 Å². The summed E-state index contributed by atoms with van der Waals surface area (Å²) in [4.78, 5) is 15.2. The minimum atomic E-state index is -3.83. The predicted octanol–water partition coefficient (Wildman–Crippen LogP) is 4.70. The number of carbonyl (C=O) groups is 1. The Bertz CT molecular complexity index is 1160. The molecule has 1 aliphatic heterocycles. The van der Waals surface area contributed by atoms with Gasteiger partial charge in [-0.05, 0) is 37.8 Å². The van der Waals surface area contributed by atoms with E-state index in [1.54, 1.807) is 20.0 Å². The molecule has 10 heteroatoms. The van der Waals surface area contributed by atoms with Crippen molar-refractivity contribution < 1.29 is 27.4 Å². The van der Waals surface area contributed by atoms with Crippen LogP contribution in [-0.2, 0) is 24.3 Å². The van der Waals surface area contributed by atoms with Crippen LogP contribution in [0.1, 0.15) is 33.1 Å². The summed E-state index contributed by atoms with van der Waals surface area (Å²) < 4.78 is 45.5. The predicted molar refractivity (Wildman–Crippen MR) is 143 cm³/mol. The molecule has 0 saturated carbocycles. The summed E-state index contributed by atoms with van der Waals surface area (Å²) in [6.45, 7) is 4.07. The van der Waals surface area contributed by atoms with E-state index in [1.165, 1.54) is 30.3 Å². The van der Waals surface area contributed by atoms with Crippen molar-refractivity contribution in [3.05, 3.63) is 42.5 Å². The van der Waals surface area contributed by atoms with E-state index in [9.17, 15) is 13.2 Å². The Balaban J connectivity index is 2.15. The highest BCUT2D eigenvalue weighted by molar-refractivity contribution is 7.98. The SMILES string of the molecule is CCCCC1CN(c2ccccc2)c2cc(SC)c(OC[C@@](C)(OC)C(=O)OC)cc2S(=O)(=O)N1C. The summed E-state index contributed by atoms with van der Waals surface area (Å²) in [5.41, 5.74) is 0.184. The molecular weight excluding hydrogens is 500 g/mol. The molecule has 1 heterocycles. The second-order valence-corrected chi connectivity index (χ2v) is 11.8. The zero-order valence-corrected chi connectivity index (χ0v) is 23.4. The van der Waals surface area contributed by atoms with E-state index in [2.05, 4.69) is 11.8 Å². The number of ether oxygens (including phenoxy) is 3. The first-order valence-corrected chi connectivity index (χ1v) is 14.6. The third-order valence-corrected chi connectivity index (χ3v) is 9.33. The average Bonchev–Trinajstić information content (AvgIpc) is 2.98. The fourth-order valence-corrected chi connectivity index (χ4v) is 6.31. The number of unbranched alkanes of at least 4 members (excludes halogenated alkanes) is 1. The zero-order valence-electron chi connectivity index (χ0n) is 21.8. The van der Waals surface area contributed by atoms with E-state index in [0.29, 0.717) is 18.0 Å². The number of nitrogens with zero attached hydrogens (tertiary/aromatic N) is 2. The number of methoxy groups -OCH3 is 2. The average molecular weight is 537 g/mol. The molecule has 1 aliphatic rings. The summed E-state index contributed by atoms with van der Waals surface area (Å²) in [5, 5.41) is 0. The van der Waals surface area contributed by atoms with Crippen molar-refractivity contribution in [2.75, 3.05) is 45.6 Å². The highest BCUT2D eigenvalue weighted by Crippen LogP contribution is 2.43. The van der Waals surface area contributed by atoms with Gasteiger partial charge in [0, 0.05) is 38.5 Å². The molecule has 36 heavy (non-hydrogen) atoms. The molecule has 8 nitrogen and oxygen atoms in total. The summed E-state index contributed by atoms with van der Waals surface area (Å²) in [7, 11) is 0.509. The molecule has 0 radical (unpaired) electrons. The van der Waals surface area contributed by atoms with Gasteiger partial charge < -0.3 is 19.1 Å². The Hall–Kier alpha value is -2.27. The Morgan fingerprint density at radius 1 is 1.19 bits per heavy atom. The van der Waals surface area contributed by atoms with Gasteiger partial charge >= 0.3 is 5.97 Å². The van der Waals surface area contributed by atoms with Crippen LogP contribution in [0.5, 0.6) is 5.75 Å². The number of likely N-dealkylation sites (N-methyl/N-ethyl adjacent to an activating group) is 1. The van der Waals surface area contributed by atoms with Crippen LogP contribution in [-0.4, -0.2) is 71.0 Å². The van der Waals surface area contributed by atoms with Gasteiger partial charge in [-0.2, -0.15) is 4.31 Å². The van der Waals surface area contributed by atoms with E-state index in [0.717, 1.165) is 29.8 Å². The molecule has 0 N–H and O–H groups in total. The maximum atomic E-state index is 13.9. The number of hydrogen-bond donors (Lipinski definition) is 0. The standard InChI is InChI=1S/C26H36N2O6S2/c1-7-8-12-20-17-28(19-13-10-9-11-14-19)21-15-23(35-6)22(16-24(21)36(30,31)27(20)3)34-18-26(2,33-5)25(29)32-4/h9-11,13-16,20H,7-8,12,17-18H2,1-6H3/t20?,26-/m1/s1. The first-order chi connectivity index (χ1) is 17.1. The highest BCUT2D eigenvalue weighted by atomic mass is 32.2. The minimum Gasteiger partial charge on any atom is -0.489 e. The van der Waals surface area contributed by atoms with Gasteiger partial charge in [0.25, 0.3) is 0 Å². The third kappa shape index (κ3) is 5.66. The molecule has 1 unspecified atom stereocenters. The van der Waals surface area contributed by atoms with E-state index in [4.69, 9.17) is 14.2 Å².